The fourth-order valence-electron chi connectivity index (χ4n) is 9.89. The third kappa shape index (κ3) is 28.8. The van der Waals surface area contributed by atoms with Crippen molar-refractivity contribution in [3.63, 3.8) is 0 Å². The van der Waals surface area contributed by atoms with Gasteiger partial charge in [0.05, 0.1) is 13.2 Å². The lowest BCUT2D eigenvalue weighted by atomic mass is 9.84. The molecule has 0 aliphatic heterocycles. The van der Waals surface area contributed by atoms with Crippen LogP contribution in [0.3, 0.4) is 0 Å². The molecule has 2 nitrogen and oxygen atoms in total. The Labute approximate surface area is 435 Å². The van der Waals surface area contributed by atoms with Crippen molar-refractivity contribution >= 4 is 34.8 Å². The number of benzene rings is 3. The smallest absolute Gasteiger partial charge is 0.123 e. The first kappa shape index (κ1) is 60.4. The molecule has 0 heterocycles. The summed E-state index contributed by atoms with van der Waals surface area (Å²) in [6, 6.07) is 21.9. The number of unbranched alkanes of at least 4 members (excludes halogenated alkanes) is 38. The van der Waals surface area contributed by atoms with Crippen LogP contribution in [0.1, 0.15) is 287 Å². The van der Waals surface area contributed by atoms with E-state index in [4.69, 9.17) is 44.3 Å². The molecule has 0 spiro atoms. The Kier molecular flexibility index (Phi) is 37.1. The maximum absolute atomic E-state index is 7.81. The van der Waals surface area contributed by atoms with E-state index in [0.717, 1.165) is 41.0 Å². The Hall–Kier alpha value is -1.87. The highest BCUT2D eigenvalue weighted by Crippen LogP contribution is 2.46. The van der Waals surface area contributed by atoms with E-state index in [1.54, 1.807) is 0 Å². The van der Waals surface area contributed by atoms with Crippen molar-refractivity contribution in [3.05, 3.63) is 93.5 Å². The molecule has 0 aromatic heterocycles. The maximum atomic E-state index is 7.81. The second-order valence-corrected chi connectivity index (χ2v) is 21.9. The number of hydrogen-bond acceptors (Lipinski definition) is 2. The molecule has 386 valence electrons. The lowest BCUT2D eigenvalue weighted by molar-refractivity contribution is 0.289. The first-order valence-corrected chi connectivity index (χ1v) is 30.2. The highest BCUT2D eigenvalue weighted by molar-refractivity contribution is 6.31. The molecule has 0 fully saturated rings. The normalized spacial score (nSPS) is 11.7. The second kappa shape index (κ2) is 41.7. The molecule has 3 aromatic rings. The number of hydrogen-bond donors (Lipinski definition) is 0. The minimum Gasteiger partial charge on any atom is -0.493 e. The summed E-state index contributed by atoms with van der Waals surface area (Å²) < 4.78 is 13.0. The molecular formula is C63H101Cl3O2. The largest absolute Gasteiger partial charge is 0.493 e. The minimum atomic E-state index is -0.993. The molecule has 0 saturated heterocycles. The van der Waals surface area contributed by atoms with Crippen LogP contribution in [0.2, 0.25) is 10.0 Å². The molecule has 0 bridgehead atoms. The van der Waals surface area contributed by atoms with Gasteiger partial charge in [0.25, 0.3) is 0 Å². The van der Waals surface area contributed by atoms with Crippen LogP contribution in [-0.2, 0) is 4.87 Å². The van der Waals surface area contributed by atoms with Crippen LogP contribution in [0.4, 0.5) is 0 Å². The molecule has 5 heteroatoms. The van der Waals surface area contributed by atoms with E-state index >= 15 is 0 Å². The van der Waals surface area contributed by atoms with Gasteiger partial charge >= 0.3 is 0 Å². The summed E-state index contributed by atoms with van der Waals surface area (Å²) in [6.45, 7) is 5.96. The molecule has 3 aromatic carbocycles. The quantitative estimate of drug-likeness (QED) is 0.0319. The van der Waals surface area contributed by atoms with Crippen LogP contribution < -0.4 is 9.47 Å². The van der Waals surface area contributed by atoms with Crippen LogP contribution in [0.5, 0.6) is 11.5 Å². The van der Waals surface area contributed by atoms with E-state index in [0.29, 0.717) is 23.3 Å². The number of alkyl halides is 1. The first-order chi connectivity index (χ1) is 33.5. The van der Waals surface area contributed by atoms with Gasteiger partial charge < -0.3 is 9.47 Å². The van der Waals surface area contributed by atoms with Gasteiger partial charge in [0, 0.05) is 16.1 Å². The molecule has 0 aliphatic rings. The number of halogens is 3. The predicted octanol–water partition coefficient (Wildman–Crippen LogP) is 22.9. The standard InChI is InChI=1S/C63H101Cl3O2/c1-3-5-7-9-11-13-15-17-19-21-23-25-27-29-31-33-35-37-39-41-51-67-61-53-58(63(66,56-43-47-59(64)48-44-56)57-45-49-60(65)50-46-57)54-62(55-61)68-52-42-40-38-36-34-32-30-28-26-24-22-20-18-16-14-12-10-8-6-4-2/h43-50,53-55H,3-42,51-52H2,1-2H3. The van der Waals surface area contributed by atoms with Gasteiger partial charge in [0.2, 0.25) is 0 Å². The Bertz CT molecular complexity index is 1460. The van der Waals surface area contributed by atoms with Crippen molar-refractivity contribution in [2.75, 3.05) is 13.2 Å². The van der Waals surface area contributed by atoms with Crippen molar-refractivity contribution in [1.29, 1.82) is 0 Å². The molecule has 68 heavy (non-hydrogen) atoms. The summed E-state index contributed by atoms with van der Waals surface area (Å²) in [7, 11) is 0. The molecule has 0 aliphatic carbocycles. The lowest BCUT2D eigenvalue weighted by Gasteiger charge is -2.30. The Balaban J connectivity index is 1.36. The Morgan fingerprint density at radius 2 is 0.515 bits per heavy atom. The molecule has 0 atom stereocenters. The van der Waals surface area contributed by atoms with Crippen LogP contribution in [0, 0.1) is 0 Å². The predicted molar refractivity (Wildman–Crippen MR) is 302 cm³/mol. The van der Waals surface area contributed by atoms with E-state index in [1.807, 2.05) is 48.5 Å². The zero-order chi connectivity index (χ0) is 48.4. The highest BCUT2D eigenvalue weighted by Gasteiger charge is 2.35. The molecule has 0 saturated carbocycles. The highest BCUT2D eigenvalue weighted by atomic mass is 35.5. The third-order valence-corrected chi connectivity index (χ3v) is 15.5. The summed E-state index contributed by atoms with van der Waals surface area (Å²) >= 11 is 20.6. The molecule has 3 rings (SSSR count). The van der Waals surface area contributed by atoms with Crippen LogP contribution >= 0.6 is 34.8 Å². The summed E-state index contributed by atoms with van der Waals surface area (Å²) in [5.74, 6) is 1.60. The number of rotatable bonds is 47. The van der Waals surface area contributed by atoms with Gasteiger partial charge in [-0.05, 0) is 65.9 Å². The van der Waals surface area contributed by atoms with E-state index in [9.17, 15) is 0 Å². The molecule has 0 radical (unpaired) electrons. The van der Waals surface area contributed by atoms with Crippen molar-refractivity contribution in [3.8, 4) is 11.5 Å². The average Bonchev–Trinajstić information content (AvgIpc) is 3.35. The van der Waals surface area contributed by atoms with Gasteiger partial charge in [-0.3, -0.25) is 0 Å². The van der Waals surface area contributed by atoms with Gasteiger partial charge in [-0.1, -0.05) is 305 Å². The Morgan fingerprint density at radius 3 is 0.750 bits per heavy atom. The summed E-state index contributed by atoms with van der Waals surface area (Å²) in [5.41, 5.74) is 2.76. The molecule has 0 amide bonds. The molecule has 0 unspecified atom stereocenters. The van der Waals surface area contributed by atoms with Gasteiger partial charge in [-0.25, -0.2) is 0 Å². The van der Waals surface area contributed by atoms with E-state index in [-0.39, 0.29) is 0 Å². The van der Waals surface area contributed by atoms with E-state index < -0.39 is 4.87 Å². The first-order valence-electron chi connectivity index (χ1n) is 29.1. The fraction of sp³-hybridized carbons (Fsp3) is 0.714. The minimum absolute atomic E-state index is 0.676. The third-order valence-electron chi connectivity index (χ3n) is 14.3. The lowest BCUT2D eigenvalue weighted by Crippen LogP contribution is -2.22. The maximum Gasteiger partial charge on any atom is 0.123 e. The SMILES string of the molecule is CCCCCCCCCCCCCCCCCCCCCCOc1cc(OCCCCCCCCCCCCCCCCCCCCCC)cc(C(Cl)(c2ccc(Cl)cc2)c2ccc(Cl)cc2)c1. The topological polar surface area (TPSA) is 18.5 Å². The van der Waals surface area contributed by atoms with Crippen molar-refractivity contribution in [1.82, 2.24) is 0 Å². The van der Waals surface area contributed by atoms with Crippen LogP contribution in [0.15, 0.2) is 66.7 Å². The summed E-state index contributed by atoms with van der Waals surface area (Å²) in [5, 5.41) is 1.35. The van der Waals surface area contributed by atoms with Crippen molar-refractivity contribution in [2.24, 2.45) is 0 Å². The monoisotopic (exact) mass is 995 g/mol. The van der Waals surface area contributed by atoms with Gasteiger partial charge in [0.15, 0.2) is 0 Å². The van der Waals surface area contributed by atoms with Crippen LogP contribution in [-0.4, -0.2) is 13.2 Å². The molecule has 0 N–H and O–H groups in total. The summed E-state index contributed by atoms with van der Waals surface area (Å²) in [6.07, 6.45) is 55.1. The zero-order valence-corrected chi connectivity index (χ0v) is 46.3. The van der Waals surface area contributed by atoms with Gasteiger partial charge in [-0.15, -0.1) is 11.6 Å². The van der Waals surface area contributed by atoms with E-state index in [1.165, 1.54) is 244 Å². The Morgan fingerprint density at radius 1 is 0.294 bits per heavy atom. The van der Waals surface area contributed by atoms with E-state index in [2.05, 4.69) is 32.0 Å². The fourth-order valence-corrected chi connectivity index (χ4v) is 10.5. The zero-order valence-electron chi connectivity index (χ0n) is 44.0. The molecular weight excluding hydrogens is 895 g/mol. The van der Waals surface area contributed by atoms with Gasteiger partial charge in [0.1, 0.15) is 16.4 Å². The van der Waals surface area contributed by atoms with Gasteiger partial charge in [-0.2, -0.15) is 0 Å². The second-order valence-electron chi connectivity index (χ2n) is 20.5. The average molecular weight is 997 g/mol. The van der Waals surface area contributed by atoms with Crippen molar-refractivity contribution in [2.45, 2.75) is 276 Å². The van der Waals surface area contributed by atoms with Crippen LogP contribution in [0.25, 0.3) is 0 Å². The van der Waals surface area contributed by atoms with Crippen molar-refractivity contribution < 1.29 is 9.47 Å². The number of ether oxygens (including phenoxy) is 2. The summed E-state index contributed by atoms with van der Waals surface area (Å²) in [4.78, 5) is -0.993.